The largest absolute Gasteiger partial charge is 0.342 e. The molecule has 1 unspecified atom stereocenters. The quantitative estimate of drug-likeness (QED) is 0.781. The van der Waals surface area contributed by atoms with E-state index in [9.17, 15) is 9.18 Å². The van der Waals surface area contributed by atoms with Crippen LogP contribution in [0.3, 0.4) is 0 Å². The van der Waals surface area contributed by atoms with Gasteiger partial charge in [-0.05, 0) is 42.2 Å². The molecule has 1 saturated heterocycles. The van der Waals surface area contributed by atoms with Gasteiger partial charge in [0.05, 0.1) is 6.42 Å². The van der Waals surface area contributed by atoms with Gasteiger partial charge in [0.1, 0.15) is 5.82 Å². The Labute approximate surface area is 147 Å². The first-order chi connectivity index (χ1) is 11.6. The molecule has 24 heavy (non-hydrogen) atoms. The van der Waals surface area contributed by atoms with Crippen LogP contribution in [0.2, 0.25) is 5.02 Å². The Morgan fingerprint density at radius 1 is 1.12 bits per heavy atom. The minimum atomic E-state index is -0.310. The normalized spacial score (nSPS) is 18.2. The van der Waals surface area contributed by atoms with E-state index < -0.39 is 0 Å². The third-order valence-electron chi connectivity index (χ3n) is 4.67. The van der Waals surface area contributed by atoms with Gasteiger partial charge in [-0.3, -0.25) is 4.79 Å². The standard InChI is InChI=1S/C20H21ClFNO/c21-18-10-8-15(9-11-18)17-6-3-4-12-23(14-17)20(24)13-16-5-1-2-7-19(16)22/h1-2,5,7-11,17H,3-4,6,12-14H2. The van der Waals surface area contributed by atoms with Gasteiger partial charge in [-0.25, -0.2) is 4.39 Å². The van der Waals surface area contributed by atoms with Gasteiger partial charge in [0, 0.05) is 24.0 Å². The van der Waals surface area contributed by atoms with Crippen LogP contribution in [0, 0.1) is 5.82 Å². The lowest BCUT2D eigenvalue weighted by Crippen LogP contribution is -2.35. The topological polar surface area (TPSA) is 20.3 Å². The van der Waals surface area contributed by atoms with Gasteiger partial charge in [0.2, 0.25) is 5.91 Å². The summed E-state index contributed by atoms with van der Waals surface area (Å²) >= 11 is 5.97. The smallest absolute Gasteiger partial charge is 0.227 e. The second kappa shape index (κ2) is 7.80. The molecule has 0 bridgehead atoms. The molecule has 0 saturated carbocycles. The molecule has 1 amide bonds. The monoisotopic (exact) mass is 345 g/mol. The third-order valence-corrected chi connectivity index (χ3v) is 4.92. The van der Waals surface area contributed by atoms with Gasteiger partial charge in [-0.1, -0.05) is 48.4 Å². The fourth-order valence-corrected chi connectivity index (χ4v) is 3.42. The Hall–Kier alpha value is -1.87. The van der Waals surface area contributed by atoms with E-state index >= 15 is 0 Å². The van der Waals surface area contributed by atoms with Crippen molar-refractivity contribution >= 4 is 17.5 Å². The molecule has 0 aromatic heterocycles. The highest BCUT2D eigenvalue weighted by Crippen LogP contribution is 2.28. The highest BCUT2D eigenvalue weighted by molar-refractivity contribution is 6.30. The van der Waals surface area contributed by atoms with E-state index in [2.05, 4.69) is 0 Å². The fourth-order valence-electron chi connectivity index (χ4n) is 3.29. The fraction of sp³-hybridized carbons (Fsp3) is 0.350. The third kappa shape index (κ3) is 4.15. The summed E-state index contributed by atoms with van der Waals surface area (Å²) in [6, 6.07) is 14.4. The number of halogens is 2. The number of benzene rings is 2. The van der Waals surface area contributed by atoms with Crippen LogP contribution in [0.5, 0.6) is 0 Å². The van der Waals surface area contributed by atoms with Crippen LogP contribution in [0.25, 0.3) is 0 Å². The molecule has 2 aromatic rings. The van der Waals surface area contributed by atoms with Crippen molar-refractivity contribution in [1.29, 1.82) is 0 Å². The second-order valence-corrected chi connectivity index (χ2v) is 6.79. The van der Waals surface area contributed by atoms with Gasteiger partial charge >= 0.3 is 0 Å². The zero-order valence-electron chi connectivity index (χ0n) is 13.6. The Bertz CT molecular complexity index is 701. The molecule has 126 valence electrons. The molecule has 1 aliphatic rings. The Morgan fingerprint density at radius 3 is 2.62 bits per heavy atom. The van der Waals surface area contributed by atoms with Crippen molar-refractivity contribution < 1.29 is 9.18 Å². The maximum Gasteiger partial charge on any atom is 0.227 e. The zero-order chi connectivity index (χ0) is 16.9. The van der Waals surface area contributed by atoms with E-state index in [1.54, 1.807) is 18.2 Å². The highest BCUT2D eigenvalue weighted by Gasteiger charge is 2.23. The van der Waals surface area contributed by atoms with Crippen molar-refractivity contribution in [3.05, 3.63) is 70.5 Å². The number of carbonyl (C=O) groups is 1. The molecule has 0 aliphatic carbocycles. The summed E-state index contributed by atoms with van der Waals surface area (Å²) in [5.74, 6) is 0.00484. The number of rotatable bonds is 3. The van der Waals surface area contributed by atoms with E-state index in [0.717, 1.165) is 30.8 Å². The summed E-state index contributed by atoms with van der Waals surface area (Å²) in [6.07, 6.45) is 3.27. The first-order valence-corrected chi connectivity index (χ1v) is 8.78. The van der Waals surface area contributed by atoms with Crippen LogP contribution in [-0.4, -0.2) is 23.9 Å². The molecule has 1 aliphatic heterocycles. The van der Waals surface area contributed by atoms with Crippen LogP contribution >= 0.6 is 11.6 Å². The van der Waals surface area contributed by atoms with E-state index in [1.807, 2.05) is 29.2 Å². The van der Waals surface area contributed by atoms with E-state index in [4.69, 9.17) is 11.6 Å². The Morgan fingerprint density at radius 2 is 1.88 bits per heavy atom. The Balaban J connectivity index is 1.71. The van der Waals surface area contributed by atoms with Crippen molar-refractivity contribution in [3.63, 3.8) is 0 Å². The highest BCUT2D eigenvalue weighted by atomic mass is 35.5. The van der Waals surface area contributed by atoms with Crippen LogP contribution in [0.15, 0.2) is 48.5 Å². The Kier molecular flexibility index (Phi) is 5.52. The SMILES string of the molecule is O=C(Cc1ccccc1F)N1CCCCC(c2ccc(Cl)cc2)C1. The van der Waals surface area contributed by atoms with Crippen LogP contribution in [-0.2, 0) is 11.2 Å². The predicted octanol–water partition coefficient (Wildman–Crippen LogP) is 4.82. The maximum atomic E-state index is 13.8. The number of amides is 1. The van der Waals surface area contributed by atoms with Gasteiger partial charge in [-0.15, -0.1) is 0 Å². The molecule has 1 heterocycles. The zero-order valence-corrected chi connectivity index (χ0v) is 14.3. The molecule has 1 fully saturated rings. The summed E-state index contributed by atoms with van der Waals surface area (Å²) in [6.45, 7) is 1.44. The summed E-state index contributed by atoms with van der Waals surface area (Å²) < 4.78 is 13.8. The number of nitrogens with zero attached hydrogens (tertiary/aromatic N) is 1. The van der Waals surface area contributed by atoms with Crippen LogP contribution in [0.4, 0.5) is 4.39 Å². The lowest BCUT2D eigenvalue weighted by Gasteiger charge is -2.25. The summed E-state index contributed by atoms with van der Waals surface area (Å²) in [7, 11) is 0. The average molecular weight is 346 g/mol. The van der Waals surface area contributed by atoms with E-state index in [1.165, 1.54) is 11.6 Å². The first kappa shape index (κ1) is 17.0. The van der Waals surface area contributed by atoms with Crippen molar-refractivity contribution in [2.24, 2.45) is 0 Å². The maximum absolute atomic E-state index is 13.8. The van der Waals surface area contributed by atoms with Crippen molar-refractivity contribution in [1.82, 2.24) is 4.90 Å². The molecule has 3 rings (SSSR count). The lowest BCUT2D eigenvalue weighted by atomic mass is 9.94. The second-order valence-electron chi connectivity index (χ2n) is 6.35. The predicted molar refractivity (Wildman–Crippen MR) is 94.7 cm³/mol. The van der Waals surface area contributed by atoms with E-state index in [0.29, 0.717) is 18.0 Å². The molecule has 0 N–H and O–H groups in total. The first-order valence-electron chi connectivity index (χ1n) is 8.40. The molecule has 2 nitrogen and oxygen atoms in total. The molecular weight excluding hydrogens is 325 g/mol. The van der Waals surface area contributed by atoms with Crippen molar-refractivity contribution in [2.75, 3.05) is 13.1 Å². The summed E-state index contributed by atoms with van der Waals surface area (Å²) in [4.78, 5) is 14.5. The molecule has 4 heteroatoms. The van der Waals surface area contributed by atoms with Crippen LogP contribution < -0.4 is 0 Å². The average Bonchev–Trinajstić information content (AvgIpc) is 2.84. The molecule has 2 aromatic carbocycles. The number of hydrogen-bond acceptors (Lipinski definition) is 1. The number of hydrogen-bond donors (Lipinski definition) is 0. The lowest BCUT2D eigenvalue weighted by molar-refractivity contribution is -0.130. The molecule has 1 atom stereocenters. The van der Waals surface area contributed by atoms with Crippen molar-refractivity contribution in [3.8, 4) is 0 Å². The van der Waals surface area contributed by atoms with Gasteiger partial charge in [0.15, 0.2) is 0 Å². The minimum Gasteiger partial charge on any atom is -0.342 e. The van der Waals surface area contributed by atoms with Crippen molar-refractivity contribution in [2.45, 2.75) is 31.6 Å². The number of carbonyl (C=O) groups excluding carboxylic acids is 1. The molecule has 0 spiro atoms. The summed E-state index contributed by atoms with van der Waals surface area (Å²) in [5, 5.41) is 0.722. The number of likely N-dealkylation sites (tertiary alicyclic amines) is 1. The van der Waals surface area contributed by atoms with Gasteiger partial charge in [-0.2, -0.15) is 0 Å². The molecule has 0 radical (unpaired) electrons. The van der Waals surface area contributed by atoms with E-state index in [-0.39, 0.29) is 18.1 Å². The van der Waals surface area contributed by atoms with Crippen LogP contribution in [0.1, 0.15) is 36.3 Å². The molecular formula is C20H21ClFNO. The minimum absolute atomic E-state index is 0.000892. The van der Waals surface area contributed by atoms with Gasteiger partial charge < -0.3 is 4.90 Å². The summed E-state index contributed by atoms with van der Waals surface area (Å²) in [5.41, 5.74) is 1.68. The van der Waals surface area contributed by atoms with Gasteiger partial charge in [0.25, 0.3) is 0 Å².